The molecule has 0 saturated carbocycles. The van der Waals surface area contributed by atoms with Gasteiger partial charge in [-0.1, -0.05) is 0 Å². The van der Waals surface area contributed by atoms with Gasteiger partial charge in [-0.15, -0.1) is 13.2 Å². The molecule has 3 aliphatic heterocycles. The van der Waals surface area contributed by atoms with E-state index in [4.69, 9.17) is 9.90 Å². The lowest BCUT2D eigenvalue weighted by Gasteiger charge is -2.44. The fraction of sp³-hybridized carbons (Fsp3) is 0.500. The van der Waals surface area contributed by atoms with Gasteiger partial charge in [0.05, 0.1) is 5.52 Å². The Kier molecular flexibility index (Phi) is 5.87. The Labute approximate surface area is 158 Å². The van der Waals surface area contributed by atoms with E-state index in [9.17, 15) is 18.0 Å². The molecule has 0 aliphatic carbocycles. The molecule has 2 N–H and O–H groups in total. The smallest absolute Gasteiger partial charge is 0.483 e. The third kappa shape index (κ3) is 4.61. The molecule has 1 atom stereocenters. The van der Waals surface area contributed by atoms with E-state index < -0.39 is 6.36 Å². The van der Waals surface area contributed by atoms with Crippen molar-refractivity contribution in [1.29, 1.82) is 0 Å². The molecular formula is C18H20F3N3O4. The summed E-state index contributed by atoms with van der Waals surface area (Å²) in [6, 6.07) is 3.86. The zero-order valence-corrected chi connectivity index (χ0v) is 14.9. The second-order valence-corrected chi connectivity index (χ2v) is 6.96. The summed E-state index contributed by atoms with van der Waals surface area (Å²) < 4.78 is 41.2. The van der Waals surface area contributed by atoms with E-state index >= 15 is 0 Å². The van der Waals surface area contributed by atoms with Gasteiger partial charge < -0.3 is 14.7 Å². The molecule has 10 heteroatoms. The molecule has 0 radical (unpaired) electrons. The zero-order valence-electron chi connectivity index (χ0n) is 14.9. The Morgan fingerprint density at radius 1 is 1.36 bits per heavy atom. The number of piperidine rings is 3. The SMILES string of the molecule is O=C(C[C@H]1CN2CCC1CC2)c1n[nH]c2ccc(OC(F)(F)F)cc12.O=CO. The van der Waals surface area contributed by atoms with Crippen LogP contribution in [0.2, 0.25) is 0 Å². The number of aromatic nitrogens is 2. The highest BCUT2D eigenvalue weighted by Crippen LogP contribution is 2.35. The number of carboxylic acid groups (broad SMARTS) is 1. The van der Waals surface area contributed by atoms with Crippen molar-refractivity contribution >= 4 is 23.2 Å². The van der Waals surface area contributed by atoms with Crippen molar-refractivity contribution in [1.82, 2.24) is 15.1 Å². The van der Waals surface area contributed by atoms with Gasteiger partial charge in [-0.05, 0) is 56.0 Å². The van der Waals surface area contributed by atoms with Crippen molar-refractivity contribution in [3.05, 3.63) is 23.9 Å². The van der Waals surface area contributed by atoms with E-state index in [1.54, 1.807) is 0 Å². The van der Waals surface area contributed by atoms with Crippen molar-refractivity contribution in [3.63, 3.8) is 0 Å². The molecule has 28 heavy (non-hydrogen) atoms. The number of nitrogens with zero attached hydrogens (tertiary/aromatic N) is 2. The largest absolute Gasteiger partial charge is 0.573 e. The summed E-state index contributed by atoms with van der Waals surface area (Å²) in [7, 11) is 0. The van der Waals surface area contributed by atoms with Gasteiger partial charge in [0.1, 0.15) is 11.4 Å². The Bertz CT molecular complexity index is 844. The number of carbonyl (C=O) groups is 2. The molecule has 7 nitrogen and oxygen atoms in total. The number of aromatic amines is 1. The number of nitrogens with one attached hydrogen (secondary N) is 1. The lowest BCUT2D eigenvalue weighted by molar-refractivity contribution is -0.274. The fourth-order valence-electron chi connectivity index (χ4n) is 4.06. The summed E-state index contributed by atoms with van der Waals surface area (Å²) in [5.41, 5.74) is 0.714. The zero-order chi connectivity index (χ0) is 20.3. The minimum atomic E-state index is -4.77. The molecule has 2 bridgehead atoms. The molecule has 4 heterocycles. The monoisotopic (exact) mass is 399 g/mol. The van der Waals surface area contributed by atoms with Crippen LogP contribution in [0, 0.1) is 11.8 Å². The third-order valence-corrected chi connectivity index (χ3v) is 5.27. The molecular weight excluding hydrogens is 379 g/mol. The maximum absolute atomic E-state index is 12.7. The number of hydrogen-bond acceptors (Lipinski definition) is 5. The van der Waals surface area contributed by atoms with Crippen LogP contribution in [0.1, 0.15) is 29.8 Å². The predicted octanol–water partition coefficient (Wildman–Crippen LogP) is 3.08. The molecule has 2 aromatic rings. The normalized spacial score (nSPS) is 23.8. The van der Waals surface area contributed by atoms with Gasteiger partial charge in [0.25, 0.3) is 6.47 Å². The number of benzene rings is 1. The third-order valence-electron chi connectivity index (χ3n) is 5.27. The van der Waals surface area contributed by atoms with E-state index in [0.29, 0.717) is 29.2 Å². The van der Waals surface area contributed by atoms with Crippen LogP contribution in [0.25, 0.3) is 10.9 Å². The fourth-order valence-corrected chi connectivity index (χ4v) is 4.06. The number of halogens is 3. The lowest BCUT2D eigenvalue weighted by Crippen LogP contribution is -2.47. The number of hydrogen-bond donors (Lipinski definition) is 2. The van der Waals surface area contributed by atoms with E-state index in [2.05, 4.69) is 19.8 Å². The van der Waals surface area contributed by atoms with Gasteiger partial charge >= 0.3 is 6.36 Å². The summed E-state index contributed by atoms with van der Waals surface area (Å²) in [6.45, 7) is 2.86. The maximum atomic E-state index is 12.7. The van der Waals surface area contributed by atoms with Gasteiger partial charge in [-0.2, -0.15) is 5.10 Å². The molecule has 5 rings (SSSR count). The maximum Gasteiger partial charge on any atom is 0.573 e. The van der Waals surface area contributed by atoms with E-state index in [1.807, 2.05) is 0 Å². The second-order valence-electron chi connectivity index (χ2n) is 6.96. The van der Waals surface area contributed by atoms with Gasteiger partial charge in [-0.3, -0.25) is 14.7 Å². The number of carbonyl (C=O) groups excluding carboxylic acids is 1. The number of rotatable bonds is 4. The minimum Gasteiger partial charge on any atom is -0.483 e. The van der Waals surface area contributed by atoms with E-state index in [-0.39, 0.29) is 23.7 Å². The van der Waals surface area contributed by atoms with Gasteiger partial charge in [0.2, 0.25) is 0 Å². The van der Waals surface area contributed by atoms with Crippen molar-refractivity contribution in [2.75, 3.05) is 19.6 Å². The molecule has 1 aromatic carbocycles. The lowest BCUT2D eigenvalue weighted by atomic mass is 9.76. The predicted molar refractivity (Wildman–Crippen MR) is 93.1 cm³/mol. The quantitative estimate of drug-likeness (QED) is 0.606. The van der Waals surface area contributed by atoms with Crippen molar-refractivity contribution in [2.45, 2.75) is 25.6 Å². The summed E-state index contributed by atoms with van der Waals surface area (Å²) >= 11 is 0. The number of H-pyrrole nitrogens is 1. The topological polar surface area (TPSA) is 95.5 Å². The van der Waals surface area contributed by atoms with Crippen LogP contribution in [0.3, 0.4) is 0 Å². The molecule has 0 unspecified atom stereocenters. The average Bonchev–Trinajstić information content (AvgIpc) is 3.05. The Morgan fingerprint density at radius 2 is 2.04 bits per heavy atom. The van der Waals surface area contributed by atoms with E-state index in [0.717, 1.165) is 32.5 Å². The first-order valence-corrected chi connectivity index (χ1v) is 8.88. The van der Waals surface area contributed by atoms with Gasteiger partial charge in [0, 0.05) is 18.4 Å². The Morgan fingerprint density at radius 3 is 2.61 bits per heavy atom. The molecule has 152 valence electrons. The van der Waals surface area contributed by atoms with Crippen molar-refractivity contribution in [3.8, 4) is 5.75 Å². The number of ketones is 1. The molecule has 3 saturated heterocycles. The summed E-state index contributed by atoms with van der Waals surface area (Å²) in [5, 5.41) is 14.0. The first-order valence-electron chi connectivity index (χ1n) is 8.88. The highest BCUT2D eigenvalue weighted by Gasteiger charge is 2.36. The molecule has 3 aliphatic rings. The molecule has 0 spiro atoms. The number of fused-ring (bicyclic) bond motifs is 4. The molecule has 3 fully saturated rings. The van der Waals surface area contributed by atoms with Crippen LogP contribution in [0.5, 0.6) is 5.75 Å². The minimum absolute atomic E-state index is 0.130. The van der Waals surface area contributed by atoms with Gasteiger partial charge in [0.15, 0.2) is 5.78 Å². The van der Waals surface area contributed by atoms with Crippen LogP contribution in [-0.2, 0) is 4.79 Å². The van der Waals surface area contributed by atoms with Gasteiger partial charge in [-0.25, -0.2) is 0 Å². The standard InChI is InChI=1S/C17H18F3N3O2.CH2O2/c18-17(19,20)25-12-1-2-14-13(8-12)16(22-21-14)15(24)7-11-9-23-5-3-10(11)4-6-23;2-1-3/h1-2,8,10-11H,3-7,9H2,(H,21,22);1H,(H,2,3)/t11-;/m0./s1. The Hall–Kier alpha value is -2.62. The first kappa shape index (κ1) is 20.1. The van der Waals surface area contributed by atoms with Crippen LogP contribution in [0.4, 0.5) is 13.2 Å². The van der Waals surface area contributed by atoms with Crippen molar-refractivity contribution in [2.24, 2.45) is 11.8 Å². The van der Waals surface area contributed by atoms with Crippen LogP contribution in [0.15, 0.2) is 18.2 Å². The second kappa shape index (κ2) is 8.17. The summed E-state index contributed by atoms with van der Waals surface area (Å²) in [6.07, 6.45) is -2.16. The van der Waals surface area contributed by atoms with Crippen LogP contribution < -0.4 is 4.74 Å². The average molecular weight is 399 g/mol. The molecule has 1 aromatic heterocycles. The summed E-state index contributed by atoms with van der Waals surface area (Å²) in [5.74, 6) is 0.382. The van der Waals surface area contributed by atoms with E-state index in [1.165, 1.54) is 18.2 Å². The number of Topliss-reactive ketones (excluding diaryl/α,β-unsaturated/α-hetero) is 1. The van der Waals surface area contributed by atoms with Crippen molar-refractivity contribution < 1.29 is 32.6 Å². The highest BCUT2D eigenvalue weighted by molar-refractivity contribution is 6.06. The first-order chi connectivity index (χ1) is 13.3. The number of ether oxygens (including phenoxy) is 1. The summed E-state index contributed by atoms with van der Waals surface area (Å²) in [4.78, 5) is 23.4. The van der Waals surface area contributed by atoms with Crippen LogP contribution >= 0.6 is 0 Å². The van der Waals surface area contributed by atoms with Crippen LogP contribution in [-0.4, -0.2) is 58.5 Å². The Balaban J connectivity index is 0.000000706. The molecule has 0 amide bonds. The highest BCUT2D eigenvalue weighted by atomic mass is 19.4. The number of alkyl halides is 3.